The second kappa shape index (κ2) is 8.73. The summed E-state index contributed by atoms with van der Waals surface area (Å²) < 4.78 is 49.3. The van der Waals surface area contributed by atoms with Crippen molar-refractivity contribution in [3.63, 3.8) is 0 Å². The number of halogens is 3. The Morgan fingerprint density at radius 1 is 1.03 bits per heavy atom. The van der Waals surface area contributed by atoms with E-state index < -0.39 is 35.5 Å². The van der Waals surface area contributed by atoms with Crippen LogP contribution in [0.15, 0.2) is 78.4 Å². The van der Waals surface area contributed by atoms with Gasteiger partial charge in [-0.25, -0.2) is 4.79 Å². The minimum absolute atomic E-state index is 0.00360. The molecular weight excluding hydrogens is 451 g/mol. The molecule has 6 nitrogen and oxygen atoms in total. The van der Waals surface area contributed by atoms with Gasteiger partial charge < -0.3 is 15.2 Å². The molecule has 2 aromatic carbocycles. The zero-order valence-corrected chi connectivity index (χ0v) is 18.1. The van der Waals surface area contributed by atoms with E-state index in [-0.39, 0.29) is 18.4 Å². The van der Waals surface area contributed by atoms with E-state index in [1.54, 1.807) is 54.6 Å². The number of carbonyl (C=O) groups excluding carboxylic acids is 1. The summed E-state index contributed by atoms with van der Waals surface area (Å²) in [5.41, 5.74) is 0.499. The first-order valence-corrected chi connectivity index (χ1v) is 10.5. The molecule has 0 radical (unpaired) electrons. The fraction of sp³-hybridized carbons (Fsp3) is 0.280. The van der Waals surface area contributed by atoms with Gasteiger partial charge in [-0.05, 0) is 28.8 Å². The van der Waals surface area contributed by atoms with Crippen molar-refractivity contribution < 1.29 is 37.3 Å². The van der Waals surface area contributed by atoms with Crippen molar-refractivity contribution in [2.45, 2.75) is 36.4 Å². The van der Waals surface area contributed by atoms with Gasteiger partial charge in [0.15, 0.2) is 0 Å². The number of amides is 1. The van der Waals surface area contributed by atoms with Gasteiger partial charge in [-0.3, -0.25) is 9.53 Å². The number of carbonyl (C=O) groups is 2. The van der Waals surface area contributed by atoms with Gasteiger partial charge in [-0.1, -0.05) is 60.7 Å². The van der Waals surface area contributed by atoms with Gasteiger partial charge in [0.05, 0.1) is 5.92 Å². The SMILES string of the molecule is COC1(OC(F)(F)F)C=CC(C(=O)NC2(C(=O)O)Cc3ccccc3C2)=CC1c1ccccc1. The van der Waals surface area contributed by atoms with E-state index in [0.717, 1.165) is 30.4 Å². The summed E-state index contributed by atoms with van der Waals surface area (Å²) in [6.07, 6.45) is -1.32. The lowest BCUT2D eigenvalue weighted by Gasteiger charge is -2.38. The molecular formula is C25H22F3NO5. The standard InChI is InChI=1S/C25H22F3NO5/c1-33-24(34-25(26,27)28)12-11-17(13-20(24)16-7-3-2-4-8-16)21(30)29-23(22(31)32)14-18-9-5-6-10-19(18)15-23/h2-13,20H,14-15H2,1H3,(H,29,30)(H,31,32). The van der Waals surface area contributed by atoms with Crippen molar-refractivity contribution in [1.82, 2.24) is 5.32 Å². The van der Waals surface area contributed by atoms with Crippen molar-refractivity contribution in [2.24, 2.45) is 0 Å². The molecule has 4 rings (SSSR count). The zero-order chi connectivity index (χ0) is 24.6. The molecule has 34 heavy (non-hydrogen) atoms. The van der Waals surface area contributed by atoms with Gasteiger partial charge in [-0.2, -0.15) is 0 Å². The molecule has 0 heterocycles. The molecule has 0 bridgehead atoms. The Hall–Kier alpha value is -3.43. The van der Waals surface area contributed by atoms with Gasteiger partial charge in [-0.15, -0.1) is 13.2 Å². The highest BCUT2D eigenvalue weighted by Crippen LogP contribution is 2.43. The Balaban J connectivity index is 1.67. The molecule has 0 aromatic heterocycles. The Morgan fingerprint density at radius 3 is 2.15 bits per heavy atom. The number of hydrogen-bond donors (Lipinski definition) is 2. The third-order valence-corrected chi connectivity index (χ3v) is 6.16. The zero-order valence-electron chi connectivity index (χ0n) is 18.1. The fourth-order valence-electron chi connectivity index (χ4n) is 4.51. The normalized spacial score (nSPS) is 23.2. The van der Waals surface area contributed by atoms with Crippen molar-refractivity contribution in [2.75, 3.05) is 7.11 Å². The minimum atomic E-state index is -5.01. The Bertz CT molecular complexity index is 1130. The van der Waals surface area contributed by atoms with Crippen LogP contribution in [0.4, 0.5) is 13.2 Å². The van der Waals surface area contributed by atoms with E-state index in [1.807, 2.05) is 0 Å². The van der Waals surface area contributed by atoms with Gasteiger partial charge >= 0.3 is 12.3 Å². The quantitative estimate of drug-likeness (QED) is 0.622. The Kier molecular flexibility index (Phi) is 6.09. The van der Waals surface area contributed by atoms with Gasteiger partial charge in [0, 0.05) is 25.5 Å². The maximum Gasteiger partial charge on any atom is 0.525 e. The molecule has 0 saturated heterocycles. The number of ether oxygens (including phenoxy) is 2. The predicted molar refractivity (Wildman–Crippen MR) is 116 cm³/mol. The van der Waals surface area contributed by atoms with Crippen LogP contribution < -0.4 is 5.32 Å². The summed E-state index contributed by atoms with van der Waals surface area (Å²) in [5.74, 6) is -5.28. The third-order valence-electron chi connectivity index (χ3n) is 6.16. The lowest BCUT2D eigenvalue weighted by Crippen LogP contribution is -2.56. The average molecular weight is 473 g/mol. The molecule has 9 heteroatoms. The molecule has 2 aliphatic carbocycles. The number of carboxylic acid groups (broad SMARTS) is 1. The van der Waals surface area contributed by atoms with Crippen LogP contribution >= 0.6 is 0 Å². The van der Waals surface area contributed by atoms with E-state index in [1.165, 1.54) is 6.08 Å². The number of benzene rings is 2. The topological polar surface area (TPSA) is 84.9 Å². The number of nitrogens with one attached hydrogen (secondary N) is 1. The van der Waals surface area contributed by atoms with E-state index in [4.69, 9.17) is 4.74 Å². The molecule has 2 atom stereocenters. The molecule has 0 fully saturated rings. The number of aliphatic carboxylic acids is 1. The number of alkyl halides is 3. The average Bonchev–Trinajstić information content (AvgIpc) is 3.18. The van der Waals surface area contributed by atoms with Crippen molar-refractivity contribution >= 4 is 11.9 Å². The highest BCUT2D eigenvalue weighted by Gasteiger charge is 2.50. The van der Waals surface area contributed by atoms with Gasteiger partial charge in [0.1, 0.15) is 5.54 Å². The Morgan fingerprint density at radius 2 is 1.62 bits per heavy atom. The van der Waals surface area contributed by atoms with E-state index >= 15 is 0 Å². The van der Waals surface area contributed by atoms with E-state index in [9.17, 15) is 27.9 Å². The lowest BCUT2D eigenvalue weighted by molar-refractivity contribution is -0.403. The number of fused-ring (bicyclic) bond motifs is 1. The highest BCUT2D eigenvalue weighted by molar-refractivity contribution is 6.00. The van der Waals surface area contributed by atoms with Crippen LogP contribution in [0.3, 0.4) is 0 Å². The summed E-state index contributed by atoms with van der Waals surface area (Å²) in [4.78, 5) is 25.4. The molecule has 2 aliphatic rings. The monoisotopic (exact) mass is 473 g/mol. The van der Waals surface area contributed by atoms with Crippen LogP contribution in [0.1, 0.15) is 22.6 Å². The predicted octanol–water partition coefficient (Wildman–Crippen LogP) is 3.88. The van der Waals surface area contributed by atoms with Crippen LogP contribution in [0, 0.1) is 0 Å². The molecule has 2 aromatic rings. The molecule has 178 valence electrons. The summed E-state index contributed by atoms with van der Waals surface area (Å²) in [6.45, 7) is 0. The number of hydrogen-bond acceptors (Lipinski definition) is 4. The fourth-order valence-corrected chi connectivity index (χ4v) is 4.51. The first-order chi connectivity index (χ1) is 16.1. The molecule has 1 amide bonds. The summed E-state index contributed by atoms with van der Waals surface area (Å²) >= 11 is 0. The maximum atomic E-state index is 13.3. The molecule has 2 unspecified atom stereocenters. The number of methoxy groups -OCH3 is 1. The summed E-state index contributed by atoms with van der Waals surface area (Å²) in [6, 6.07) is 15.4. The van der Waals surface area contributed by atoms with E-state index in [2.05, 4.69) is 10.1 Å². The molecule has 0 saturated carbocycles. The molecule has 2 N–H and O–H groups in total. The number of rotatable bonds is 6. The minimum Gasteiger partial charge on any atom is -0.479 e. The summed E-state index contributed by atoms with van der Waals surface area (Å²) in [5, 5.41) is 12.6. The van der Waals surface area contributed by atoms with Crippen molar-refractivity contribution in [1.29, 1.82) is 0 Å². The molecule has 0 aliphatic heterocycles. The van der Waals surface area contributed by atoms with E-state index in [0.29, 0.717) is 5.56 Å². The van der Waals surface area contributed by atoms with Gasteiger partial charge in [0.2, 0.25) is 5.79 Å². The first kappa shape index (κ1) is 23.7. The van der Waals surface area contributed by atoms with Crippen LogP contribution in [0.2, 0.25) is 0 Å². The third kappa shape index (κ3) is 4.49. The summed E-state index contributed by atoms with van der Waals surface area (Å²) in [7, 11) is 1.08. The van der Waals surface area contributed by atoms with Gasteiger partial charge in [0.25, 0.3) is 5.91 Å². The van der Waals surface area contributed by atoms with Crippen LogP contribution in [-0.2, 0) is 31.9 Å². The van der Waals surface area contributed by atoms with Crippen LogP contribution in [0.25, 0.3) is 0 Å². The lowest BCUT2D eigenvalue weighted by atomic mass is 9.83. The second-order valence-corrected chi connectivity index (χ2v) is 8.28. The molecule has 0 spiro atoms. The first-order valence-electron chi connectivity index (χ1n) is 10.5. The smallest absolute Gasteiger partial charge is 0.479 e. The highest BCUT2D eigenvalue weighted by atomic mass is 19.4. The van der Waals surface area contributed by atoms with Crippen LogP contribution in [0.5, 0.6) is 0 Å². The van der Waals surface area contributed by atoms with Crippen molar-refractivity contribution in [3.05, 3.63) is 95.1 Å². The Labute approximate surface area is 193 Å². The van der Waals surface area contributed by atoms with Crippen LogP contribution in [-0.4, -0.2) is 41.8 Å². The largest absolute Gasteiger partial charge is 0.525 e. The number of carboxylic acids is 1. The maximum absolute atomic E-state index is 13.3. The second-order valence-electron chi connectivity index (χ2n) is 8.28. The van der Waals surface area contributed by atoms with Crippen molar-refractivity contribution in [3.8, 4) is 0 Å².